The number of carbonyl (C=O) groups is 2. The fourth-order valence-electron chi connectivity index (χ4n) is 6.08. The molecule has 8 heteroatoms. The molecule has 2 aromatic carbocycles. The molecule has 0 aliphatic carbocycles. The molecule has 2 unspecified atom stereocenters. The van der Waals surface area contributed by atoms with Crippen LogP contribution in [0.4, 0.5) is 0 Å². The van der Waals surface area contributed by atoms with Crippen LogP contribution >= 0.6 is 0 Å². The van der Waals surface area contributed by atoms with E-state index in [9.17, 15) is 19.2 Å². The molecular formula is C30H36N4O4. The van der Waals surface area contributed by atoms with Gasteiger partial charge >= 0.3 is 5.69 Å². The molecule has 0 bridgehead atoms. The summed E-state index contributed by atoms with van der Waals surface area (Å²) in [5.74, 6) is 0.741. The maximum absolute atomic E-state index is 13.5. The van der Waals surface area contributed by atoms with Gasteiger partial charge in [0.15, 0.2) is 0 Å². The quantitative estimate of drug-likeness (QED) is 0.504. The molecule has 0 saturated carbocycles. The average Bonchev–Trinajstić information content (AvgIpc) is 2.91. The minimum atomic E-state index is -0.500. The van der Waals surface area contributed by atoms with Gasteiger partial charge in [-0.25, -0.2) is 4.79 Å². The first-order valence-electron chi connectivity index (χ1n) is 13.7. The smallest absolute Gasteiger partial charge is 0.331 e. The number of nitrogens with zero attached hydrogens (tertiary/aromatic N) is 4. The van der Waals surface area contributed by atoms with E-state index in [-0.39, 0.29) is 36.9 Å². The fraction of sp³-hybridized carbons (Fsp3) is 0.467. The van der Waals surface area contributed by atoms with Gasteiger partial charge < -0.3 is 9.80 Å². The molecular weight excluding hydrogens is 480 g/mol. The van der Waals surface area contributed by atoms with Gasteiger partial charge in [0.1, 0.15) is 6.54 Å². The van der Waals surface area contributed by atoms with Gasteiger partial charge in [-0.2, -0.15) is 0 Å². The van der Waals surface area contributed by atoms with E-state index < -0.39 is 5.69 Å². The molecule has 1 saturated heterocycles. The molecule has 2 atom stereocenters. The molecule has 2 aliphatic heterocycles. The lowest BCUT2D eigenvalue weighted by Crippen LogP contribution is -2.47. The Kier molecular flexibility index (Phi) is 7.49. The van der Waals surface area contributed by atoms with E-state index in [4.69, 9.17) is 0 Å². The van der Waals surface area contributed by atoms with Crippen LogP contribution in [0, 0.1) is 11.8 Å². The molecule has 2 aliphatic rings. The summed E-state index contributed by atoms with van der Waals surface area (Å²) in [6.45, 7) is 6.93. The van der Waals surface area contributed by atoms with Crippen molar-refractivity contribution in [2.24, 2.45) is 11.8 Å². The van der Waals surface area contributed by atoms with E-state index in [0.29, 0.717) is 55.3 Å². The molecule has 3 heterocycles. The van der Waals surface area contributed by atoms with Crippen molar-refractivity contribution in [1.82, 2.24) is 18.9 Å². The normalized spacial score (nSPS) is 19.4. The Bertz CT molecular complexity index is 1460. The van der Waals surface area contributed by atoms with Gasteiger partial charge in [0.05, 0.1) is 10.9 Å². The van der Waals surface area contributed by atoms with Gasteiger partial charge in [-0.15, -0.1) is 0 Å². The number of para-hydroxylation sites is 1. The van der Waals surface area contributed by atoms with Gasteiger partial charge in [-0.3, -0.25) is 23.5 Å². The van der Waals surface area contributed by atoms with Crippen molar-refractivity contribution in [3.05, 3.63) is 80.5 Å². The first-order chi connectivity index (χ1) is 18.3. The molecule has 38 heavy (non-hydrogen) atoms. The van der Waals surface area contributed by atoms with Crippen molar-refractivity contribution in [2.75, 3.05) is 19.6 Å². The zero-order chi connectivity index (χ0) is 26.8. The Labute approximate surface area is 222 Å². The van der Waals surface area contributed by atoms with Crippen molar-refractivity contribution in [2.45, 2.75) is 59.2 Å². The van der Waals surface area contributed by atoms with Gasteiger partial charge in [0.25, 0.3) is 5.56 Å². The monoisotopic (exact) mass is 516 g/mol. The number of carbonyl (C=O) groups excluding carboxylic acids is 2. The van der Waals surface area contributed by atoms with Crippen LogP contribution in [0.2, 0.25) is 0 Å². The van der Waals surface area contributed by atoms with Crippen LogP contribution in [-0.4, -0.2) is 50.4 Å². The maximum Gasteiger partial charge on any atom is 0.331 e. The second kappa shape index (κ2) is 11.0. The predicted octanol–water partition coefficient (Wildman–Crippen LogP) is 3.03. The number of benzene rings is 2. The zero-order valence-corrected chi connectivity index (χ0v) is 22.3. The lowest BCUT2D eigenvalue weighted by Gasteiger charge is -2.35. The van der Waals surface area contributed by atoms with E-state index >= 15 is 0 Å². The molecule has 0 spiro atoms. The molecule has 200 valence electrons. The molecule has 3 aromatic rings. The Morgan fingerprint density at radius 3 is 2.29 bits per heavy atom. The Morgan fingerprint density at radius 1 is 0.842 bits per heavy atom. The van der Waals surface area contributed by atoms with Crippen molar-refractivity contribution < 1.29 is 9.59 Å². The third kappa shape index (κ3) is 5.30. The van der Waals surface area contributed by atoms with Crippen molar-refractivity contribution in [3.63, 3.8) is 0 Å². The van der Waals surface area contributed by atoms with Crippen LogP contribution in [0.5, 0.6) is 0 Å². The van der Waals surface area contributed by atoms with Crippen LogP contribution in [0.1, 0.15) is 44.2 Å². The van der Waals surface area contributed by atoms with Crippen LogP contribution < -0.4 is 11.2 Å². The molecule has 0 N–H and O–H groups in total. The van der Waals surface area contributed by atoms with Crippen LogP contribution in [-0.2, 0) is 35.6 Å². The number of fused-ring (bicyclic) bond motifs is 2. The number of hydrogen-bond donors (Lipinski definition) is 0. The van der Waals surface area contributed by atoms with E-state index in [1.54, 1.807) is 24.3 Å². The number of rotatable bonds is 6. The first-order valence-corrected chi connectivity index (χ1v) is 13.7. The Balaban J connectivity index is 1.33. The number of aromatic nitrogens is 2. The molecule has 0 radical (unpaired) electrons. The third-order valence-electron chi connectivity index (χ3n) is 7.90. The van der Waals surface area contributed by atoms with E-state index in [1.165, 1.54) is 20.3 Å². The summed E-state index contributed by atoms with van der Waals surface area (Å²) >= 11 is 0. The van der Waals surface area contributed by atoms with Gasteiger partial charge in [-0.1, -0.05) is 50.2 Å². The van der Waals surface area contributed by atoms with E-state index in [2.05, 4.69) is 26.0 Å². The largest absolute Gasteiger partial charge is 0.341 e. The summed E-state index contributed by atoms with van der Waals surface area (Å²) in [5, 5.41) is 0.402. The molecule has 1 fully saturated rings. The van der Waals surface area contributed by atoms with Crippen LogP contribution in [0.25, 0.3) is 10.9 Å². The van der Waals surface area contributed by atoms with Gasteiger partial charge in [0.2, 0.25) is 11.8 Å². The maximum atomic E-state index is 13.5. The second-order valence-corrected chi connectivity index (χ2v) is 11.0. The highest BCUT2D eigenvalue weighted by Gasteiger charge is 2.27. The lowest BCUT2D eigenvalue weighted by molar-refractivity contribution is -0.134. The number of piperidine rings is 1. The van der Waals surface area contributed by atoms with E-state index in [0.717, 1.165) is 12.8 Å². The van der Waals surface area contributed by atoms with Crippen LogP contribution in [0.15, 0.2) is 58.1 Å². The first kappa shape index (κ1) is 25.9. The summed E-state index contributed by atoms with van der Waals surface area (Å²) in [6.07, 6.45) is 2.54. The predicted molar refractivity (Wildman–Crippen MR) is 147 cm³/mol. The van der Waals surface area contributed by atoms with E-state index in [1.807, 2.05) is 21.9 Å². The van der Waals surface area contributed by atoms with Crippen molar-refractivity contribution >= 4 is 22.7 Å². The number of likely N-dealkylation sites (tertiary alicyclic amines) is 1. The SMILES string of the molecule is CC1CC(C)CN(C(=O)Cn2c(=O)n(CCCC(=O)N3CCc4ccccc4C3)c(=O)c3ccccc32)C1. The van der Waals surface area contributed by atoms with Crippen molar-refractivity contribution in [1.29, 1.82) is 0 Å². The molecule has 5 rings (SSSR count). The molecule has 2 amide bonds. The van der Waals surface area contributed by atoms with Gasteiger partial charge in [-0.05, 0) is 54.4 Å². The molecule has 8 nitrogen and oxygen atoms in total. The fourth-order valence-corrected chi connectivity index (χ4v) is 6.08. The van der Waals surface area contributed by atoms with Crippen LogP contribution in [0.3, 0.4) is 0 Å². The third-order valence-corrected chi connectivity index (χ3v) is 7.90. The minimum Gasteiger partial charge on any atom is -0.341 e. The summed E-state index contributed by atoms with van der Waals surface area (Å²) in [7, 11) is 0. The lowest BCUT2D eigenvalue weighted by atomic mass is 9.92. The Morgan fingerprint density at radius 2 is 1.53 bits per heavy atom. The summed E-state index contributed by atoms with van der Waals surface area (Å²) < 4.78 is 2.61. The average molecular weight is 517 g/mol. The highest BCUT2D eigenvalue weighted by molar-refractivity contribution is 5.82. The highest BCUT2D eigenvalue weighted by Crippen LogP contribution is 2.22. The second-order valence-electron chi connectivity index (χ2n) is 11.0. The number of hydrogen-bond acceptors (Lipinski definition) is 4. The highest BCUT2D eigenvalue weighted by atomic mass is 16.2. The van der Waals surface area contributed by atoms with Gasteiger partial charge in [0, 0.05) is 39.1 Å². The zero-order valence-electron chi connectivity index (χ0n) is 22.3. The number of amides is 2. The summed E-state index contributed by atoms with van der Waals surface area (Å²) in [5.41, 5.74) is 2.03. The summed E-state index contributed by atoms with van der Waals surface area (Å²) in [6, 6.07) is 15.1. The topological polar surface area (TPSA) is 84.6 Å². The summed E-state index contributed by atoms with van der Waals surface area (Å²) in [4.78, 5) is 56.6. The Hall–Kier alpha value is -3.68. The molecule has 1 aromatic heterocycles. The minimum absolute atomic E-state index is 0.0252. The van der Waals surface area contributed by atoms with Crippen molar-refractivity contribution in [3.8, 4) is 0 Å². The standard InChI is InChI=1S/C30H36N4O4/c1-21-16-22(2)18-32(17-21)28(36)20-34-26-11-6-5-10-25(26)29(37)33(30(34)38)14-7-12-27(35)31-15-13-23-8-3-4-9-24(23)19-31/h3-6,8-11,21-22H,7,12-20H2,1-2H3.